The molecule has 0 bridgehead atoms. The Kier molecular flexibility index (Phi) is 5.25. The van der Waals surface area contributed by atoms with Crippen LogP contribution in [-0.2, 0) is 21.2 Å². The van der Waals surface area contributed by atoms with Crippen molar-refractivity contribution in [3.05, 3.63) is 35.6 Å². The van der Waals surface area contributed by atoms with E-state index in [1.165, 1.54) is 19.2 Å². The number of hydrogen-bond acceptors (Lipinski definition) is 3. The minimum atomic E-state index is -3.41. The lowest BCUT2D eigenvalue weighted by atomic mass is 10.1. The molecule has 0 heterocycles. The Balaban J connectivity index is 2.00. The van der Waals surface area contributed by atoms with Gasteiger partial charge < -0.3 is 4.74 Å². The van der Waals surface area contributed by atoms with Crippen molar-refractivity contribution in [3.8, 4) is 0 Å². The maximum absolute atomic E-state index is 12.9. The summed E-state index contributed by atoms with van der Waals surface area (Å²) in [6.07, 6.45) is 1.89. The van der Waals surface area contributed by atoms with E-state index in [0.29, 0.717) is 6.42 Å². The molecule has 4 nitrogen and oxygen atoms in total. The monoisotopic (exact) mass is 329 g/mol. The van der Waals surface area contributed by atoms with Crippen LogP contribution in [-0.4, -0.2) is 32.9 Å². The average molecular weight is 329 g/mol. The van der Waals surface area contributed by atoms with Gasteiger partial charge in [-0.3, -0.25) is 0 Å². The molecule has 1 unspecified atom stereocenters. The molecule has 1 atom stereocenters. The van der Waals surface area contributed by atoms with Gasteiger partial charge in [-0.05, 0) is 42.9 Å². The van der Waals surface area contributed by atoms with E-state index in [2.05, 4.69) is 4.72 Å². The van der Waals surface area contributed by atoms with Gasteiger partial charge in [0, 0.05) is 12.6 Å². The summed E-state index contributed by atoms with van der Waals surface area (Å²) in [6, 6.07) is 6.21. The van der Waals surface area contributed by atoms with Gasteiger partial charge in [0.25, 0.3) is 0 Å². The predicted molar refractivity (Wildman–Crippen MR) is 84.6 cm³/mol. The molecule has 0 radical (unpaired) electrons. The summed E-state index contributed by atoms with van der Waals surface area (Å²) in [7, 11) is -1.88. The van der Waals surface area contributed by atoms with Crippen molar-refractivity contribution >= 4 is 10.0 Å². The number of ether oxygens (including phenoxy) is 1. The molecule has 1 aliphatic carbocycles. The lowest BCUT2D eigenvalue weighted by molar-refractivity contribution is 0.0825. The molecular weight excluding hydrogens is 305 g/mol. The van der Waals surface area contributed by atoms with Gasteiger partial charge in [0.15, 0.2) is 0 Å². The summed E-state index contributed by atoms with van der Waals surface area (Å²) in [5, 5.41) is 0. The zero-order valence-electron chi connectivity index (χ0n) is 13.3. The van der Waals surface area contributed by atoms with Crippen molar-refractivity contribution in [2.24, 2.45) is 5.92 Å². The second-order valence-corrected chi connectivity index (χ2v) is 8.25. The Morgan fingerprint density at radius 2 is 1.86 bits per heavy atom. The van der Waals surface area contributed by atoms with Gasteiger partial charge in [-0.15, -0.1) is 0 Å². The topological polar surface area (TPSA) is 55.4 Å². The number of sulfonamides is 1. The molecule has 1 aromatic carbocycles. The van der Waals surface area contributed by atoms with Gasteiger partial charge in [-0.2, -0.15) is 0 Å². The molecule has 1 aliphatic rings. The number of methoxy groups -OCH3 is 1. The fourth-order valence-corrected chi connectivity index (χ4v) is 4.55. The third-order valence-corrected chi connectivity index (χ3v) is 5.62. The Bertz CT molecular complexity index is 594. The van der Waals surface area contributed by atoms with Gasteiger partial charge in [-0.1, -0.05) is 26.0 Å². The third-order valence-electron chi connectivity index (χ3n) is 4.11. The van der Waals surface area contributed by atoms with Crippen LogP contribution in [0.4, 0.5) is 4.39 Å². The van der Waals surface area contributed by atoms with E-state index < -0.39 is 15.6 Å². The Morgan fingerprint density at radius 3 is 2.32 bits per heavy atom. The van der Waals surface area contributed by atoms with Gasteiger partial charge in [0.2, 0.25) is 10.0 Å². The first kappa shape index (κ1) is 17.4. The number of hydrogen-bond donors (Lipinski definition) is 1. The molecule has 6 heteroatoms. The van der Waals surface area contributed by atoms with Crippen molar-refractivity contribution in [1.29, 1.82) is 0 Å². The summed E-state index contributed by atoms with van der Waals surface area (Å²) in [4.78, 5) is 0. The van der Waals surface area contributed by atoms with E-state index >= 15 is 0 Å². The Labute approximate surface area is 132 Å². The summed E-state index contributed by atoms with van der Waals surface area (Å²) < 4.78 is 45.7. The summed E-state index contributed by atoms with van der Waals surface area (Å²) in [5.41, 5.74) is 0.528. The van der Waals surface area contributed by atoms with Crippen LogP contribution in [0.3, 0.4) is 0 Å². The van der Waals surface area contributed by atoms with Crippen LogP contribution in [0.15, 0.2) is 24.3 Å². The Morgan fingerprint density at radius 1 is 1.27 bits per heavy atom. The van der Waals surface area contributed by atoms with Crippen LogP contribution in [0.25, 0.3) is 0 Å². The maximum Gasteiger partial charge on any atom is 0.214 e. The molecular formula is C16H24FNO3S. The van der Waals surface area contributed by atoms with Crippen LogP contribution < -0.4 is 4.72 Å². The zero-order chi connectivity index (χ0) is 16.4. The molecule has 22 heavy (non-hydrogen) atoms. The standard InChI is InChI=1S/C16H24FNO3S/c1-12(2)15(21-3)11-22(19,20)18-16(8-9-16)10-13-4-6-14(17)7-5-13/h4-7,12,15,18H,8-11H2,1-3H3. The molecule has 124 valence electrons. The van der Waals surface area contributed by atoms with Crippen molar-refractivity contribution < 1.29 is 17.5 Å². The molecule has 0 aliphatic heterocycles. The van der Waals surface area contributed by atoms with E-state index in [0.717, 1.165) is 18.4 Å². The molecule has 0 spiro atoms. The minimum Gasteiger partial charge on any atom is -0.380 e. The number of halogens is 1. The molecule has 1 N–H and O–H groups in total. The van der Waals surface area contributed by atoms with E-state index in [-0.39, 0.29) is 23.6 Å². The second kappa shape index (κ2) is 6.64. The molecule has 2 rings (SSSR count). The summed E-state index contributed by atoms with van der Waals surface area (Å²) in [5.74, 6) is -0.185. The highest BCUT2D eigenvalue weighted by molar-refractivity contribution is 7.89. The smallest absolute Gasteiger partial charge is 0.214 e. The highest BCUT2D eigenvalue weighted by Crippen LogP contribution is 2.39. The SMILES string of the molecule is COC(CS(=O)(=O)NC1(Cc2ccc(F)cc2)CC1)C(C)C. The van der Waals surface area contributed by atoms with Crippen molar-refractivity contribution in [2.75, 3.05) is 12.9 Å². The molecule has 1 aromatic rings. The van der Waals surface area contributed by atoms with Crippen LogP contribution in [0, 0.1) is 11.7 Å². The molecule has 0 saturated heterocycles. The van der Waals surface area contributed by atoms with Crippen LogP contribution in [0.1, 0.15) is 32.3 Å². The predicted octanol–water partition coefficient (Wildman–Crippen LogP) is 2.49. The fourth-order valence-electron chi connectivity index (χ4n) is 2.58. The second-order valence-electron chi connectivity index (χ2n) is 6.49. The average Bonchev–Trinajstić information content (AvgIpc) is 3.17. The van der Waals surface area contributed by atoms with Gasteiger partial charge in [0.1, 0.15) is 5.82 Å². The quantitative estimate of drug-likeness (QED) is 0.797. The molecule has 1 saturated carbocycles. The Hall–Kier alpha value is -0.980. The van der Waals surface area contributed by atoms with E-state index in [1.807, 2.05) is 13.8 Å². The first-order valence-corrected chi connectivity index (χ1v) is 9.19. The van der Waals surface area contributed by atoms with Gasteiger partial charge in [0.05, 0.1) is 11.9 Å². The van der Waals surface area contributed by atoms with Gasteiger partial charge >= 0.3 is 0 Å². The highest BCUT2D eigenvalue weighted by atomic mass is 32.2. The van der Waals surface area contributed by atoms with Crippen molar-refractivity contribution in [3.63, 3.8) is 0 Å². The number of benzene rings is 1. The lowest BCUT2D eigenvalue weighted by Gasteiger charge is -2.22. The lowest BCUT2D eigenvalue weighted by Crippen LogP contribution is -2.43. The minimum absolute atomic E-state index is 0.0354. The maximum atomic E-state index is 12.9. The number of nitrogens with one attached hydrogen (secondary N) is 1. The molecule has 0 amide bonds. The fraction of sp³-hybridized carbons (Fsp3) is 0.625. The molecule has 0 aromatic heterocycles. The van der Waals surface area contributed by atoms with Crippen molar-refractivity contribution in [1.82, 2.24) is 4.72 Å². The molecule has 1 fully saturated rings. The van der Waals surface area contributed by atoms with Crippen molar-refractivity contribution in [2.45, 2.75) is 44.8 Å². The normalized spacial score (nSPS) is 18.4. The first-order chi connectivity index (χ1) is 10.3. The van der Waals surface area contributed by atoms with Crippen LogP contribution >= 0.6 is 0 Å². The third kappa shape index (κ3) is 4.76. The van der Waals surface area contributed by atoms with Crippen LogP contribution in [0.5, 0.6) is 0 Å². The number of rotatable bonds is 8. The largest absolute Gasteiger partial charge is 0.380 e. The summed E-state index contributed by atoms with van der Waals surface area (Å²) in [6.45, 7) is 3.88. The first-order valence-electron chi connectivity index (χ1n) is 7.54. The van der Waals surface area contributed by atoms with Gasteiger partial charge in [-0.25, -0.2) is 17.5 Å². The van der Waals surface area contributed by atoms with E-state index in [4.69, 9.17) is 4.74 Å². The van der Waals surface area contributed by atoms with Crippen LogP contribution in [0.2, 0.25) is 0 Å². The van der Waals surface area contributed by atoms with E-state index in [1.54, 1.807) is 12.1 Å². The zero-order valence-corrected chi connectivity index (χ0v) is 14.1. The van der Waals surface area contributed by atoms with E-state index in [9.17, 15) is 12.8 Å². The summed E-state index contributed by atoms with van der Waals surface area (Å²) >= 11 is 0. The highest BCUT2D eigenvalue weighted by Gasteiger charge is 2.46.